The highest BCUT2D eigenvalue weighted by molar-refractivity contribution is 9.09. The smallest absolute Gasteiger partial charge is 0.331 e. The summed E-state index contributed by atoms with van der Waals surface area (Å²) in [6.45, 7) is 2.08. The second-order valence-electron chi connectivity index (χ2n) is 3.20. The maximum Gasteiger partial charge on any atom is 0.331 e. The van der Waals surface area contributed by atoms with E-state index in [4.69, 9.17) is 4.74 Å². The Bertz CT molecular complexity index is 443. The first-order valence-electron chi connectivity index (χ1n) is 5.08. The highest BCUT2D eigenvalue weighted by Crippen LogP contribution is 2.22. The molecule has 5 heteroatoms. The molecule has 0 bridgehead atoms. The number of halogens is 1. The third kappa shape index (κ3) is 4.11. The Balaban J connectivity index is 3.00. The largest absolute Gasteiger partial charge is 0.463 e. The number of hydrogen-bond donors (Lipinski definition) is 0. The number of benzene rings is 1. The molecule has 0 saturated heterocycles. The highest BCUT2D eigenvalue weighted by Gasteiger charge is 2.05. The molecular formula is C12H12BrNO3. The van der Waals surface area contributed by atoms with E-state index < -0.39 is 5.97 Å². The Morgan fingerprint density at radius 3 is 2.88 bits per heavy atom. The van der Waals surface area contributed by atoms with Gasteiger partial charge in [0.1, 0.15) is 5.69 Å². The fourth-order valence-corrected chi connectivity index (χ4v) is 1.77. The van der Waals surface area contributed by atoms with Gasteiger partial charge in [-0.25, -0.2) is 4.79 Å². The van der Waals surface area contributed by atoms with Gasteiger partial charge < -0.3 is 4.74 Å². The molecule has 0 spiro atoms. The Morgan fingerprint density at radius 1 is 1.53 bits per heavy atom. The number of esters is 1. The van der Waals surface area contributed by atoms with E-state index in [-0.39, 0.29) is 0 Å². The normalized spacial score (nSPS) is 11.1. The van der Waals surface area contributed by atoms with Gasteiger partial charge in [-0.15, -0.1) is 4.91 Å². The Labute approximate surface area is 108 Å². The molecule has 0 fully saturated rings. The monoisotopic (exact) mass is 297 g/mol. The van der Waals surface area contributed by atoms with E-state index in [0.717, 1.165) is 11.1 Å². The molecule has 4 nitrogen and oxygen atoms in total. The van der Waals surface area contributed by atoms with Crippen molar-refractivity contribution in [3.63, 3.8) is 0 Å². The van der Waals surface area contributed by atoms with Gasteiger partial charge in [-0.1, -0.05) is 28.1 Å². The summed E-state index contributed by atoms with van der Waals surface area (Å²) in [7, 11) is 0. The lowest BCUT2D eigenvalue weighted by molar-refractivity contribution is -0.137. The first kappa shape index (κ1) is 13.6. The molecular weight excluding hydrogens is 286 g/mol. The molecule has 0 aliphatic carbocycles. The number of nitrogens with zero attached hydrogens (tertiary/aromatic N) is 1. The zero-order chi connectivity index (χ0) is 12.7. The molecule has 0 aliphatic rings. The van der Waals surface area contributed by atoms with Crippen molar-refractivity contribution in [3.05, 3.63) is 40.8 Å². The predicted octanol–water partition coefficient (Wildman–Crippen LogP) is 3.43. The van der Waals surface area contributed by atoms with Crippen LogP contribution in [0.1, 0.15) is 12.5 Å². The quantitative estimate of drug-likeness (QED) is 0.362. The van der Waals surface area contributed by atoms with Crippen LogP contribution in [-0.4, -0.2) is 17.9 Å². The van der Waals surface area contributed by atoms with E-state index in [0.29, 0.717) is 17.6 Å². The van der Waals surface area contributed by atoms with Crippen LogP contribution in [0.2, 0.25) is 0 Å². The van der Waals surface area contributed by atoms with Crippen molar-refractivity contribution >= 4 is 33.2 Å². The van der Waals surface area contributed by atoms with Crippen molar-refractivity contribution < 1.29 is 9.53 Å². The van der Waals surface area contributed by atoms with Gasteiger partial charge >= 0.3 is 5.97 Å². The van der Waals surface area contributed by atoms with Gasteiger partial charge in [0.2, 0.25) is 0 Å². The van der Waals surface area contributed by atoms with Crippen LogP contribution in [0.3, 0.4) is 0 Å². The molecule has 0 saturated carbocycles. The van der Waals surface area contributed by atoms with Crippen molar-refractivity contribution in [3.8, 4) is 0 Å². The minimum absolute atomic E-state index is 0.332. The number of carbonyl (C=O) groups excluding carboxylic acids is 1. The molecule has 1 aromatic carbocycles. The van der Waals surface area contributed by atoms with E-state index in [9.17, 15) is 9.70 Å². The van der Waals surface area contributed by atoms with Crippen LogP contribution >= 0.6 is 15.9 Å². The van der Waals surface area contributed by atoms with Gasteiger partial charge in [-0.05, 0) is 35.4 Å². The molecule has 0 radical (unpaired) electrons. The molecule has 0 atom stereocenters. The molecule has 0 aromatic heterocycles. The summed E-state index contributed by atoms with van der Waals surface area (Å²) in [6.07, 6.45) is 1.40. The minimum atomic E-state index is -0.397. The first-order valence-corrected chi connectivity index (χ1v) is 6.20. The molecule has 90 valence electrons. The van der Waals surface area contributed by atoms with Crippen LogP contribution in [0, 0.1) is 4.91 Å². The predicted molar refractivity (Wildman–Crippen MR) is 70.3 cm³/mol. The lowest BCUT2D eigenvalue weighted by Gasteiger charge is -2.04. The molecule has 0 unspecified atom stereocenters. The van der Waals surface area contributed by atoms with Crippen molar-refractivity contribution in [1.29, 1.82) is 0 Å². The Morgan fingerprint density at radius 2 is 2.29 bits per heavy atom. The number of rotatable bonds is 5. The van der Waals surface area contributed by atoms with Crippen LogP contribution in [0.25, 0.3) is 5.57 Å². The zero-order valence-electron chi connectivity index (χ0n) is 9.35. The zero-order valence-corrected chi connectivity index (χ0v) is 10.9. The van der Waals surface area contributed by atoms with Crippen LogP contribution in [-0.2, 0) is 9.53 Å². The Kier molecular flexibility index (Phi) is 5.56. The molecule has 17 heavy (non-hydrogen) atoms. The lowest BCUT2D eigenvalue weighted by atomic mass is 10.1. The van der Waals surface area contributed by atoms with Gasteiger partial charge in [0, 0.05) is 11.4 Å². The summed E-state index contributed by atoms with van der Waals surface area (Å²) in [5.41, 5.74) is 1.85. The van der Waals surface area contributed by atoms with Gasteiger partial charge in [-0.3, -0.25) is 0 Å². The molecule has 0 aliphatic heterocycles. The highest BCUT2D eigenvalue weighted by atomic mass is 79.9. The van der Waals surface area contributed by atoms with E-state index >= 15 is 0 Å². The first-order chi connectivity index (χ1) is 8.21. The number of allylic oxidation sites excluding steroid dienone is 1. The van der Waals surface area contributed by atoms with Gasteiger partial charge in [-0.2, -0.15) is 0 Å². The number of nitroso groups, excluding NO2 is 1. The van der Waals surface area contributed by atoms with Crippen LogP contribution in [0.5, 0.6) is 0 Å². The standard InChI is InChI=1S/C12H12BrNO3/c1-2-17-12(15)7-10(8-13)9-4-3-5-11(6-9)14-16/h3-7H,2,8H2,1H3/b10-7+. The van der Waals surface area contributed by atoms with Crippen LogP contribution in [0.15, 0.2) is 35.5 Å². The third-order valence-electron chi connectivity index (χ3n) is 2.04. The van der Waals surface area contributed by atoms with E-state index in [1.54, 1.807) is 31.2 Å². The van der Waals surface area contributed by atoms with Gasteiger partial charge in [0.15, 0.2) is 0 Å². The van der Waals surface area contributed by atoms with Gasteiger partial charge in [0.05, 0.1) is 6.61 Å². The fraction of sp³-hybridized carbons (Fsp3) is 0.250. The van der Waals surface area contributed by atoms with Crippen molar-refractivity contribution in [2.45, 2.75) is 6.92 Å². The number of alkyl halides is 1. The minimum Gasteiger partial charge on any atom is -0.463 e. The molecule has 0 N–H and O–H groups in total. The van der Waals surface area contributed by atoms with Crippen LogP contribution in [0.4, 0.5) is 5.69 Å². The summed E-state index contributed by atoms with van der Waals surface area (Å²) < 4.78 is 4.83. The molecule has 0 heterocycles. The van der Waals surface area contributed by atoms with Crippen LogP contribution < -0.4 is 0 Å². The fourth-order valence-electron chi connectivity index (χ4n) is 1.29. The lowest BCUT2D eigenvalue weighted by Crippen LogP contribution is -2.01. The average molecular weight is 298 g/mol. The average Bonchev–Trinajstić information content (AvgIpc) is 2.36. The Hall–Kier alpha value is -1.49. The molecule has 1 rings (SSSR count). The molecule has 0 amide bonds. The van der Waals surface area contributed by atoms with Crippen molar-refractivity contribution in [1.82, 2.24) is 0 Å². The van der Waals surface area contributed by atoms with E-state index in [1.165, 1.54) is 6.08 Å². The number of hydrogen-bond acceptors (Lipinski definition) is 4. The maximum absolute atomic E-state index is 11.3. The van der Waals surface area contributed by atoms with E-state index in [1.807, 2.05) is 0 Å². The van der Waals surface area contributed by atoms with Crippen molar-refractivity contribution in [2.75, 3.05) is 11.9 Å². The second kappa shape index (κ2) is 6.96. The summed E-state index contributed by atoms with van der Waals surface area (Å²) in [6, 6.07) is 6.75. The van der Waals surface area contributed by atoms with E-state index in [2.05, 4.69) is 21.1 Å². The number of carbonyl (C=O) groups is 1. The van der Waals surface area contributed by atoms with Crippen molar-refractivity contribution in [2.24, 2.45) is 5.18 Å². The topological polar surface area (TPSA) is 55.7 Å². The number of ether oxygens (including phenoxy) is 1. The second-order valence-corrected chi connectivity index (χ2v) is 3.76. The third-order valence-corrected chi connectivity index (χ3v) is 2.65. The maximum atomic E-state index is 11.3. The SMILES string of the molecule is CCOC(=O)/C=C(\CBr)c1cccc(N=O)c1. The summed E-state index contributed by atoms with van der Waals surface area (Å²) in [5, 5.41) is 3.35. The van der Waals surface area contributed by atoms with Gasteiger partial charge in [0.25, 0.3) is 0 Å². The summed E-state index contributed by atoms with van der Waals surface area (Å²) in [4.78, 5) is 21.8. The molecule has 1 aromatic rings. The summed E-state index contributed by atoms with van der Waals surface area (Å²) in [5.74, 6) is -0.397. The summed E-state index contributed by atoms with van der Waals surface area (Å²) >= 11 is 3.29.